The summed E-state index contributed by atoms with van der Waals surface area (Å²) in [5, 5.41) is 10.5. The van der Waals surface area contributed by atoms with E-state index in [4.69, 9.17) is 9.47 Å². The maximum Gasteiger partial charge on any atom is 0.312 e. The van der Waals surface area contributed by atoms with E-state index in [9.17, 15) is 19.5 Å². The number of fused-ring (bicyclic) bond motifs is 1. The van der Waals surface area contributed by atoms with Crippen LogP contribution in [0.2, 0.25) is 0 Å². The van der Waals surface area contributed by atoms with Gasteiger partial charge in [-0.3, -0.25) is 14.4 Å². The smallest absolute Gasteiger partial charge is 0.312 e. The molecule has 0 aliphatic carbocycles. The fourth-order valence-electron chi connectivity index (χ4n) is 7.82. The van der Waals surface area contributed by atoms with Crippen molar-refractivity contribution in [2.24, 2.45) is 23.2 Å². The van der Waals surface area contributed by atoms with Crippen molar-refractivity contribution < 1.29 is 29.0 Å². The van der Waals surface area contributed by atoms with Crippen molar-refractivity contribution >= 4 is 17.8 Å². The quantitative estimate of drug-likeness (QED) is 0.170. The standard InChI is InChI=1S/C33H54N2O6/c1-10-12-13-14-18-40-30(39)25-24-15-16-33(41-24)26(25)28(37)35(23(20-36)19-22(3)4)27(33)29(38)34(17-11-2)32(8,9)21-31(5,6)7/h10-11,22-27,36H,1-2,12-21H2,3-9H3/t23-,24-,25+,26+,27?,33?/m1/s1. The normalized spacial score (nSPS) is 28.1. The van der Waals surface area contributed by atoms with Crippen LogP contribution in [0.5, 0.6) is 0 Å². The van der Waals surface area contributed by atoms with Crippen molar-refractivity contribution in [3.63, 3.8) is 0 Å². The van der Waals surface area contributed by atoms with Crippen molar-refractivity contribution in [3.8, 4) is 0 Å². The molecule has 8 nitrogen and oxygen atoms in total. The van der Waals surface area contributed by atoms with E-state index in [-0.39, 0.29) is 36.4 Å². The molecule has 41 heavy (non-hydrogen) atoms. The Morgan fingerprint density at radius 2 is 1.88 bits per heavy atom. The summed E-state index contributed by atoms with van der Waals surface area (Å²) in [6.07, 6.45) is 7.88. The second kappa shape index (κ2) is 13.0. The molecule has 3 fully saturated rings. The lowest BCUT2D eigenvalue weighted by atomic mass is 9.70. The molecule has 0 saturated carbocycles. The first-order valence-electron chi connectivity index (χ1n) is 15.5. The minimum absolute atomic E-state index is 0.0523. The predicted molar refractivity (Wildman–Crippen MR) is 160 cm³/mol. The highest BCUT2D eigenvalue weighted by Gasteiger charge is 2.76. The van der Waals surface area contributed by atoms with Crippen molar-refractivity contribution in [1.29, 1.82) is 0 Å². The first-order valence-corrected chi connectivity index (χ1v) is 15.5. The third kappa shape index (κ3) is 6.74. The van der Waals surface area contributed by atoms with Crippen LogP contribution in [0.15, 0.2) is 25.3 Å². The molecule has 6 atom stereocenters. The summed E-state index contributed by atoms with van der Waals surface area (Å²) in [7, 11) is 0. The van der Waals surface area contributed by atoms with Crippen LogP contribution in [0.1, 0.15) is 93.4 Å². The number of rotatable bonds is 15. The van der Waals surface area contributed by atoms with Gasteiger partial charge in [-0.15, -0.1) is 13.2 Å². The zero-order chi connectivity index (χ0) is 30.8. The van der Waals surface area contributed by atoms with E-state index < -0.39 is 47.1 Å². The Hall–Kier alpha value is -2.19. The van der Waals surface area contributed by atoms with Crippen LogP contribution < -0.4 is 0 Å². The molecule has 0 aromatic heterocycles. The van der Waals surface area contributed by atoms with Gasteiger partial charge in [0, 0.05) is 12.1 Å². The van der Waals surface area contributed by atoms with E-state index in [1.807, 2.05) is 38.7 Å². The number of hydrogen-bond donors (Lipinski definition) is 1. The average Bonchev–Trinajstić information content (AvgIpc) is 3.51. The van der Waals surface area contributed by atoms with Gasteiger partial charge >= 0.3 is 5.97 Å². The SMILES string of the molecule is C=CCCCCOC(=O)[C@@H]1[C@H]2C(=O)N([C@@H](CO)CC(C)C)C(C(=O)N(CC=C)C(C)(C)CC(C)(C)C)C23CC[C@H]1O3. The number of ether oxygens (including phenoxy) is 2. The number of likely N-dealkylation sites (tertiary alicyclic amines) is 1. The van der Waals surface area contributed by atoms with Crippen molar-refractivity contribution in [1.82, 2.24) is 9.80 Å². The van der Waals surface area contributed by atoms with Crippen LogP contribution in [0, 0.1) is 23.2 Å². The van der Waals surface area contributed by atoms with Gasteiger partial charge in [-0.05, 0) is 70.1 Å². The summed E-state index contributed by atoms with van der Waals surface area (Å²) in [6, 6.07) is -1.50. The van der Waals surface area contributed by atoms with Crippen LogP contribution >= 0.6 is 0 Å². The highest BCUT2D eigenvalue weighted by molar-refractivity contribution is 5.98. The van der Waals surface area contributed by atoms with E-state index in [2.05, 4.69) is 33.9 Å². The van der Waals surface area contributed by atoms with Gasteiger partial charge in [0.05, 0.1) is 37.2 Å². The van der Waals surface area contributed by atoms with Gasteiger partial charge in [-0.2, -0.15) is 0 Å². The molecule has 232 valence electrons. The first-order chi connectivity index (χ1) is 19.1. The molecule has 2 unspecified atom stereocenters. The number of allylic oxidation sites excluding steroid dienone is 1. The van der Waals surface area contributed by atoms with Gasteiger partial charge in [0.25, 0.3) is 0 Å². The van der Waals surface area contributed by atoms with Crippen LogP contribution in [0.4, 0.5) is 0 Å². The molecule has 8 heteroatoms. The molecule has 3 aliphatic heterocycles. The minimum Gasteiger partial charge on any atom is -0.465 e. The van der Waals surface area contributed by atoms with E-state index in [0.29, 0.717) is 32.2 Å². The Balaban J connectivity index is 2.04. The molecule has 3 rings (SSSR count). The van der Waals surface area contributed by atoms with Crippen LogP contribution in [0.3, 0.4) is 0 Å². The molecule has 3 aliphatic rings. The lowest BCUT2D eigenvalue weighted by molar-refractivity contribution is -0.158. The number of amides is 2. The van der Waals surface area contributed by atoms with Crippen LogP contribution in [-0.4, -0.2) is 81.8 Å². The van der Waals surface area contributed by atoms with E-state index in [1.165, 1.54) is 0 Å². The zero-order valence-electron chi connectivity index (χ0n) is 26.5. The summed E-state index contributed by atoms with van der Waals surface area (Å²) in [5.41, 5.74) is -1.73. The molecular formula is C33H54N2O6. The molecule has 0 aromatic carbocycles. The van der Waals surface area contributed by atoms with E-state index in [1.54, 1.807) is 11.0 Å². The number of esters is 1. The molecule has 1 spiro atoms. The molecule has 1 N–H and O–H groups in total. The predicted octanol–water partition coefficient (Wildman–Crippen LogP) is 4.90. The second-order valence-electron chi connectivity index (χ2n) is 14.5. The lowest BCUT2D eigenvalue weighted by Crippen LogP contribution is -2.62. The largest absolute Gasteiger partial charge is 0.465 e. The topological polar surface area (TPSA) is 96.4 Å². The monoisotopic (exact) mass is 574 g/mol. The first kappa shape index (κ1) is 33.3. The van der Waals surface area contributed by atoms with Gasteiger partial charge < -0.3 is 24.4 Å². The lowest BCUT2D eigenvalue weighted by Gasteiger charge is -2.46. The molecule has 2 amide bonds. The Morgan fingerprint density at radius 1 is 1.20 bits per heavy atom. The number of aliphatic hydroxyl groups is 1. The van der Waals surface area contributed by atoms with Gasteiger partial charge in [-0.1, -0.05) is 46.8 Å². The summed E-state index contributed by atoms with van der Waals surface area (Å²) in [5.74, 6) is -2.31. The van der Waals surface area contributed by atoms with E-state index in [0.717, 1.165) is 19.3 Å². The highest BCUT2D eigenvalue weighted by atomic mass is 16.6. The number of hydrogen-bond acceptors (Lipinski definition) is 6. The fraction of sp³-hybridized carbons (Fsp3) is 0.788. The summed E-state index contributed by atoms with van der Waals surface area (Å²) in [4.78, 5) is 46.0. The number of carbonyl (C=O) groups is 3. The summed E-state index contributed by atoms with van der Waals surface area (Å²) in [6.45, 7) is 22.6. The third-order valence-electron chi connectivity index (χ3n) is 8.91. The van der Waals surface area contributed by atoms with Crippen LogP contribution in [0.25, 0.3) is 0 Å². The summed E-state index contributed by atoms with van der Waals surface area (Å²) >= 11 is 0. The maximum absolute atomic E-state index is 14.8. The number of carbonyl (C=O) groups excluding carboxylic acids is 3. The number of unbranched alkanes of at least 4 members (excludes halogenated alkanes) is 2. The van der Waals surface area contributed by atoms with Gasteiger partial charge in [0.15, 0.2) is 0 Å². The van der Waals surface area contributed by atoms with Crippen molar-refractivity contribution in [3.05, 3.63) is 25.3 Å². The highest BCUT2D eigenvalue weighted by Crippen LogP contribution is 2.59. The molecule has 0 radical (unpaired) electrons. The number of aliphatic hydroxyl groups excluding tert-OH is 1. The number of nitrogens with zero attached hydrogens (tertiary/aromatic N) is 2. The van der Waals surface area contributed by atoms with Gasteiger partial charge in [0.1, 0.15) is 11.6 Å². The van der Waals surface area contributed by atoms with E-state index >= 15 is 0 Å². The molecule has 3 heterocycles. The molecule has 2 bridgehead atoms. The Bertz CT molecular complexity index is 985. The Labute approximate surface area is 247 Å². The van der Waals surface area contributed by atoms with Crippen molar-refractivity contribution in [2.75, 3.05) is 19.8 Å². The van der Waals surface area contributed by atoms with Crippen molar-refractivity contribution in [2.45, 2.75) is 123 Å². The fourth-order valence-corrected chi connectivity index (χ4v) is 7.82. The molecular weight excluding hydrogens is 520 g/mol. The maximum atomic E-state index is 14.8. The van der Waals surface area contributed by atoms with Crippen LogP contribution in [-0.2, 0) is 23.9 Å². The molecule has 0 aromatic rings. The average molecular weight is 575 g/mol. The minimum atomic E-state index is -1.13. The molecule has 3 saturated heterocycles. The zero-order valence-corrected chi connectivity index (χ0v) is 26.5. The summed E-state index contributed by atoms with van der Waals surface area (Å²) < 4.78 is 12.3. The third-order valence-corrected chi connectivity index (χ3v) is 8.91. The Morgan fingerprint density at radius 3 is 2.44 bits per heavy atom. The van der Waals surface area contributed by atoms with Gasteiger partial charge in [-0.25, -0.2) is 0 Å². The van der Waals surface area contributed by atoms with Gasteiger partial charge in [0.2, 0.25) is 11.8 Å². The second-order valence-corrected chi connectivity index (χ2v) is 14.5. The Kier molecular flexibility index (Phi) is 10.6.